The Kier molecular flexibility index (Phi) is 3.50. The number of nitrogens with one attached hydrogen (secondary N) is 1. The van der Waals surface area contributed by atoms with Gasteiger partial charge in [-0.05, 0) is 32.7 Å². The molecule has 0 radical (unpaired) electrons. The van der Waals surface area contributed by atoms with E-state index in [0.717, 1.165) is 5.92 Å². The zero-order valence-electron chi connectivity index (χ0n) is 10.4. The fourth-order valence-electron chi connectivity index (χ4n) is 2.44. The molecule has 0 aromatic heterocycles. The Hall–Kier alpha value is -0.610. The zero-order valence-corrected chi connectivity index (χ0v) is 10.4. The molecule has 3 atom stereocenters. The topological polar surface area (TPSA) is 41.6 Å². The van der Waals surface area contributed by atoms with Crippen LogP contribution in [0, 0.1) is 11.8 Å². The molecule has 4 heteroatoms. The smallest absolute Gasteiger partial charge is 0.229 e. The van der Waals surface area contributed by atoms with Gasteiger partial charge in [-0.2, -0.15) is 0 Å². The fourth-order valence-corrected chi connectivity index (χ4v) is 2.44. The molecule has 1 aliphatic carbocycles. The summed E-state index contributed by atoms with van der Waals surface area (Å²) in [7, 11) is 3.82. The summed E-state index contributed by atoms with van der Waals surface area (Å²) < 4.78 is 5.38. The molecule has 0 spiro atoms. The van der Waals surface area contributed by atoms with Crippen LogP contribution < -0.4 is 5.32 Å². The lowest BCUT2D eigenvalue weighted by atomic mass is 10.0. The molecule has 1 amide bonds. The van der Waals surface area contributed by atoms with Gasteiger partial charge in [0.05, 0.1) is 19.1 Å². The van der Waals surface area contributed by atoms with Crippen LogP contribution in [0.25, 0.3) is 0 Å². The van der Waals surface area contributed by atoms with Crippen LogP contribution in [0.2, 0.25) is 0 Å². The van der Waals surface area contributed by atoms with Gasteiger partial charge >= 0.3 is 0 Å². The average Bonchev–Trinajstić information content (AvgIpc) is 3.04. The Morgan fingerprint density at radius 2 is 2.12 bits per heavy atom. The Morgan fingerprint density at radius 3 is 2.69 bits per heavy atom. The molecule has 0 bridgehead atoms. The van der Waals surface area contributed by atoms with Crippen LogP contribution in [0.15, 0.2) is 0 Å². The lowest BCUT2D eigenvalue weighted by Crippen LogP contribution is -2.46. The van der Waals surface area contributed by atoms with Crippen LogP contribution in [-0.4, -0.2) is 50.2 Å². The number of nitrogens with zero attached hydrogens (tertiary/aromatic N) is 1. The van der Waals surface area contributed by atoms with E-state index in [2.05, 4.69) is 12.2 Å². The molecular weight excluding hydrogens is 204 g/mol. The molecule has 1 saturated heterocycles. The van der Waals surface area contributed by atoms with Crippen molar-refractivity contribution < 1.29 is 9.53 Å². The maximum absolute atomic E-state index is 12.3. The fraction of sp³-hybridized carbons (Fsp3) is 0.917. The van der Waals surface area contributed by atoms with E-state index in [1.54, 1.807) is 0 Å². The lowest BCUT2D eigenvalue weighted by Gasteiger charge is -2.29. The van der Waals surface area contributed by atoms with Gasteiger partial charge in [0.25, 0.3) is 0 Å². The molecule has 1 N–H and O–H groups in total. The van der Waals surface area contributed by atoms with Gasteiger partial charge in [0.15, 0.2) is 0 Å². The summed E-state index contributed by atoms with van der Waals surface area (Å²) in [5.41, 5.74) is 0. The number of carbonyl (C=O) groups is 1. The highest BCUT2D eigenvalue weighted by Gasteiger charge is 2.39. The van der Waals surface area contributed by atoms with E-state index in [-0.39, 0.29) is 17.9 Å². The quantitative estimate of drug-likeness (QED) is 0.758. The first-order chi connectivity index (χ1) is 7.65. The van der Waals surface area contributed by atoms with Crippen LogP contribution in [0.5, 0.6) is 0 Å². The summed E-state index contributed by atoms with van der Waals surface area (Å²) >= 11 is 0. The van der Waals surface area contributed by atoms with Gasteiger partial charge in [0, 0.05) is 19.1 Å². The predicted octanol–water partition coefficient (Wildman–Crippen LogP) is 0.478. The van der Waals surface area contributed by atoms with Crippen molar-refractivity contribution in [1.29, 1.82) is 0 Å². The second-order valence-electron chi connectivity index (χ2n) is 5.07. The van der Waals surface area contributed by atoms with E-state index in [1.165, 1.54) is 12.8 Å². The molecule has 4 nitrogen and oxygen atoms in total. The van der Waals surface area contributed by atoms with Crippen molar-refractivity contribution in [3.05, 3.63) is 0 Å². The molecule has 1 aliphatic heterocycles. The molecule has 16 heavy (non-hydrogen) atoms. The van der Waals surface area contributed by atoms with Crippen LogP contribution in [0.3, 0.4) is 0 Å². The predicted molar refractivity (Wildman–Crippen MR) is 62.1 cm³/mol. The van der Waals surface area contributed by atoms with E-state index in [9.17, 15) is 4.79 Å². The van der Waals surface area contributed by atoms with Gasteiger partial charge in [-0.25, -0.2) is 0 Å². The summed E-state index contributed by atoms with van der Waals surface area (Å²) in [4.78, 5) is 14.2. The van der Waals surface area contributed by atoms with Crippen molar-refractivity contribution >= 4 is 5.91 Å². The van der Waals surface area contributed by atoms with Gasteiger partial charge in [-0.1, -0.05) is 0 Å². The summed E-state index contributed by atoms with van der Waals surface area (Å²) in [6.07, 6.45) is 2.55. The number of likely N-dealkylation sites (N-methyl/N-ethyl adjacent to an activating group) is 1. The van der Waals surface area contributed by atoms with Gasteiger partial charge < -0.3 is 15.0 Å². The first kappa shape index (κ1) is 11.9. The molecular formula is C12H22N2O2. The Morgan fingerprint density at radius 1 is 1.44 bits per heavy atom. The lowest BCUT2D eigenvalue weighted by molar-refractivity contribution is -0.136. The van der Waals surface area contributed by atoms with Crippen molar-refractivity contribution in [2.45, 2.75) is 31.8 Å². The van der Waals surface area contributed by atoms with Crippen molar-refractivity contribution in [2.24, 2.45) is 11.8 Å². The second kappa shape index (κ2) is 4.72. The minimum Gasteiger partial charge on any atom is -0.379 e. The van der Waals surface area contributed by atoms with Crippen LogP contribution in [0.1, 0.15) is 19.8 Å². The van der Waals surface area contributed by atoms with E-state index < -0.39 is 0 Å². The van der Waals surface area contributed by atoms with Crippen molar-refractivity contribution in [1.82, 2.24) is 10.2 Å². The third-order valence-corrected chi connectivity index (χ3v) is 4.03. The van der Waals surface area contributed by atoms with E-state index in [1.807, 2.05) is 19.0 Å². The molecule has 92 valence electrons. The Bertz CT molecular complexity index is 266. The van der Waals surface area contributed by atoms with Crippen LogP contribution in [-0.2, 0) is 9.53 Å². The normalized spacial score (nSPS) is 31.4. The Balaban J connectivity index is 1.94. The molecule has 3 unspecified atom stereocenters. The number of hydrogen-bond acceptors (Lipinski definition) is 3. The molecule has 2 fully saturated rings. The summed E-state index contributed by atoms with van der Waals surface area (Å²) in [6.45, 7) is 3.37. The second-order valence-corrected chi connectivity index (χ2v) is 5.07. The average molecular weight is 226 g/mol. The van der Waals surface area contributed by atoms with E-state index >= 15 is 0 Å². The molecule has 0 aromatic rings. The Labute approximate surface area is 97.3 Å². The highest BCUT2D eigenvalue weighted by atomic mass is 16.5. The SMILES string of the molecule is CNC1COCC1C(=O)N(C)C(C)C1CC1. The first-order valence-electron chi connectivity index (χ1n) is 6.16. The number of carbonyl (C=O) groups excluding carboxylic acids is 1. The molecule has 0 aromatic carbocycles. The number of ether oxygens (including phenoxy) is 1. The third-order valence-electron chi connectivity index (χ3n) is 4.03. The highest BCUT2D eigenvalue weighted by molar-refractivity contribution is 5.80. The van der Waals surface area contributed by atoms with E-state index in [4.69, 9.17) is 4.74 Å². The number of hydrogen-bond donors (Lipinski definition) is 1. The minimum absolute atomic E-state index is 0.00352. The number of amides is 1. The van der Waals surface area contributed by atoms with Crippen LogP contribution in [0.4, 0.5) is 0 Å². The standard InChI is InChI=1S/C12H22N2O2/c1-8(9-4-5-9)14(3)12(15)10-6-16-7-11(10)13-2/h8-11,13H,4-7H2,1-3H3. The maximum atomic E-state index is 12.3. The van der Waals surface area contributed by atoms with E-state index in [0.29, 0.717) is 19.3 Å². The van der Waals surface area contributed by atoms with Crippen LogP contribution >= 0.6 is 0 Å². The maximum Gasteiger partial charge on any atom is 0.229 e. The van der Waals surface area contributed by atoms with Gasteiger partial charge in [-0.3, -0.25) is 4.79 Å². The van der Waals surface area contributed by atoms with Gasteiger partial charge in [-0.15, -0.1) is 0 Å². The first-order valence-corrected chi connectivity index (χ1v) is 6.16. The largest absolute Gasteiger partial charge is 0.379 e. The molecule has 1 heterocycles. The molecule has 1 saturated carbocycles. The summed E-state index contributed by atoms with van der Waals surface area (Å²) in [5, 5.41) is 3.16. The third kappa shape index (κ3) is 2.23. The number of rotatable bonds is 4. The summed E-state index contributed by atoms with van der Waals surface area (Å²) in [5.74, 6) is 0.955. The van der Waals surface area contributed by atoms with Crippen molar-refractivity contribution in [3.63, 3.8) is 0 Å². The van der Waals surface area contributed by atoms with Gasteiger partial charge in [0.2, 0.25) is 5.91 Å². The summed E-state index contributed by atoms with van der Waals surface area (Å²) in [6, 6.07) is 0.562. The highest BCUT2D eigenvalue weighted by Crippen LogP contribution is 2.35. The van der Waals surface area contributed by atoms with Crippen molar-refractivity contribution in [3.8, 4) is 0 Å². The van der Waals surface area contributed by atoms with Crippen molar-refractivity contribution in [2.75, 3.05) is 27.3 Å². The minimum atomic E-state index is -0.00352. The van der Waals surface area contributed by atoms with Gasteiger partial charge in [0.1, 0.15) is 0 Å². The monoisotopic (exact) mass is 226 g/mol. The zero-order chi connectivity index (χ0) is 11.7. The molecule has 2 rings (SSSR count). The molecule has 2 aliphatic rings.